The predicted molar refractivity (Wildman–Crippen MR) is 71.3 cm³/mol. The molecule has 82 valence electrons. The lowest BCUT2D eigenvalue weighted by atomic mass is 9.94. The molecule has 1 aromatic rings. The first-order chi connectivity index (χ1) is 7.83. The zero-order valence-electron chi connectivity index (χ0n) is 9.44. The maximum Gasteiger partial charge on any atom is 0.0984 e. The fourth-order valence-electron chi connectivity index (χ4n) is 2.60. The van der Waals surface area contributed by atoms with Crippen molar-refractivity contribution in [1.82, 2.24) is 0 Å². The molecule has 1 aliphatic heterocycles. The summed E-state index contributed by atoms with van der Waals surface area (Å²) in [4.78, 5) is 4.45. The number of fused-ring (bicyclic) bond motifs is 1. The molecule has 16 heavy (non-hydrogen) atoms. The lowest BCUT2D eigenvalue weighted by Gasteiger charge is -2.33. The van der Waals surface area contributed by atoms with Crippen LogP contribution in [0.4, 0.5) is 0 Å². The van der Waals surface area contributed by atoms with Crippen LogP contribution < -0.4 is 0 Å². The van der Waals surface area contributed by atoms with Crippen molar-refractivity contribution >= 4 is 16.8 Å². The van der Waals surface area contributed by atoms with Gasteiger partial charge >= 0.3 is 0 Å². The van der Waals surface area contributed by atoms with Crippen molar-refractivity contribution in [3.63, 3.8) is 0 Å². The number of thioether (sulfide) groups is 1. The minimum absolute atomic E-state index is 0.295. The smallest absolute Gasteiger partial charge is 0.0984 e. The third kappa shape index (κ3) is 1.52. The van der Waals surface area contributed by atoms with E-state index in [9.17, 15) is 0 Å². The Labute approximate surface area is 101 Å². The molecule has 0 N–H and O–H groups in total. The Hall–Kier alpha value is -1.02. The molecule has 1 atom stereocenters. The Kier molecular flexibility index (Phi) is 2.40. The molecular weight excluding hydrogens is 214 g/mol. The van der Waals surface area contributed by atoms with Gasteiger partial charge in [0, 0.05) is 17.4 Å². The Balaban J connectivity index is 2.09. The van der Waals surface area contributed by atoms with Crippen LogP contribution in [0.25, 0.3) is 0 Å². The molecular formula is C14H15NS. The largest absolute Gasteiger partial charge is 0.281 e. The normalized spacial score (nSPS) is 29.9. The van der Waals surface area contributed by atoms with Crippen molar-refractivity contribution in [2.45, 2.75) is 24.0 Å². The SMILES string of the molecule is CN=C1SC2(C=CCC2)Cc2ccccc21. The summed E-state index contributed by atoms with van der Waals surface area (Å²) >= 11 is 1.95. The zero-order valence-corrected chi connectivity index (χ0v) is 10.3. The quantitative estimate of drug-likeness (QED) is 0.621. The highest BCUT2D eigenvalue weighted by atomic mass is 32.2. The molecule has 3 rings (SSSR count). The van der Waals surface area contributed by atoms with Crippen LogP contribution in [0.15, 0.2) is 41.4 Å². The number of allylic oxidation sites excluding steroid dienone is 1. The fraction of sp³-hybridized carbons (Fsp3) is 0.357. The van der Waals surface area contributed by atoms with Crippen LogP contribution in [0.3, 0.4) is 0 Å². The van der Waals surface area contributed by atoms with E-state index in [1.54, 1.807) is 0 Å². The number of nitrogens with zero attached hydrogens (tertiary/aromatic N) is 1. The van der Waals surface area contributed by atoms with Crippen LogP contribution in [0.2, 0.25) is 0 Å². The van der Waals surface area contributed by atoms with E-state index >= 15 is 0 Å². The summed E-state index contributed by atoms with van der Waals surface area (Å²) < 4.78 is 0.295. The van der Waals surface area contributed by atoms with Gasteiger partial charge in [0.1, 0.15) is 0 Å². The molecule has 1 aliphatic carbocycles. The molecule has 0 fully saturated rings. The summed E-state index contributed by atoms with van der Waals surface area (Å²) in [5.74, 6) is 0. The number of aliphatic imine (C=N–C) groups is 1. The van der Waals surface area contributed by atoms with Gasteiger partial charge in [0.05, 0.1) is 5.04 Å². The second kappa shape index (κ2) is 3.77. The van der Waals surface area contributed by atoms with Gasteiger partial charge in [0.15, 0.2) is 0 Å². The number of benzene rings is 1. The number of hydrogen-bond acceptors (Lipinski definition) is 2. The maximum absolute atomic E-state index is 4.45. The van der Waals surface area contributed by atoms with E-state index in [1.807, 2.05) is 18.8 Å². The monoisotopic (exact) mass is 229 g/mol. The Morgan fingerprint density at radius 3 is 2.94 bits per heavy atom. The van der Waals surface area contributed by atoms with E-state index < -0.39 is 0 Å². The lowest BCUT2D eigenvalue weighted by Crippen LogP contribution is -2.30. The molecule has 0 radical (unpaired) electrons. The summed E-state index contributed by atoms with van der Waals surface area (Å²) in [5.41, 5.74) is 2.79. The van der Waals surface area contributed by atoms with Gasteiger partial charge in [-0.1, -0.05) is 48.2 Å². The van der Waals surface area contributed by atoms with Crippen LogP contribution in [0, 0.1) is 0 Å². The third-order valence-corrected chi connectivity index (χ3v) is 4.88. The van der Waals surface area contributed by atoms with Crippen molar-refractivity contribution in [2.75, 3.05) is 7.05 Å². The van der Waals surface area contributed by atoms with E-state index in [4.69, 9.17) is 0 Å². The van der Waals surface area contributed by atoms with Gasteiger partial charge in [-0.3, -0.25) is 4.99 Å². The van der Waals surface area contributed by atoms with Crippen molar-refractivity contribution in [2.24, 2.45) is 4.99 Å². The van der Waals surface area contributed by atoms with Gasteiger partial charge in [-0.05, 0) is 24.8 Å². The summed E-state index contributed by atoms with van der Waals surface area (Å²) in [5, 5.41) is 1.20. The first-order valence-electron chi connectivity index (χ1n) is 5.75. The van der Waals surface area contributed by atoms with E-state index in [0.717, 1.165) is 6.42 Å². The second-order valence-electron chi connectivity index (χ2n) is 4.47. The topological polar surface area (TPSA) is 12.4 Å². The predicted octanol–water partition coefficient (Wildman–Crippen LogP) is 3.44. The molecule has 1 nitrogen and oxygen atoms in total. The molecule has 1 unspecified atom stereocenters. The third-order valence-electron chi connectivity index (χ3n) is 3.40. The summed E-state index contributed by atoms with van der Waals surface area (Å²) in [6, 6.07) is 8.67. The van der Waals surface area contributed by atoms with Gasteiger partial charge in [0.25, 0.3) is 0 Å². The molecule has 0 aromatic heterocycles. The average Bonchev–Trinajstić information content (AvgIpc) is 2.76. The van der Waals surface area contributed by atoms with Crippen LogP contribution in [-0.2, 0) is 6.42 Å². The van der Waals surface area contributed by atoms with Crippen LogP contribution >= 0.6 is 11.8 Å². The standard InChI is InChI=1S/C14H15NS/c1-15-13-12-7-3-2-6-11(12)10-14(16-13)8-4-5-9-14/h2-4,6-8H,5,9-10H2,1H3. The first-order valence-corrected chi connectivity index (χ1v) is 6.56. The highest BCUT2D eigenvalue weighted by molar-refractivity contribution is 8.15. The molecule has 0 saturated carbocycles. The lowest BCUT2D eigenvalue weighted by molar-refractivity contribution is 0.682. The van der Waals surface area contributed by atoms with Crippen molar-refractivity contribution in [3.8, 4) is 0 Å². The number of rotatable bonds is 0. The summed E-state index contributed by atoms with van der Waals surface area (Å²) in [6.45, 7) is 0. The first kappa shape index (κ1) is 10.2. The highest BCUT2D eigenvalue weighted by Crippen LogP contribution is 2.45. The minimum Gasteiger partial charge on any atom is -0.281 e. The molecule has 2 heteroatoms. The molecule has 2 aliphatic rings. The number of hydrogen-bond donors (Lipinski definition) is 0. The second-order valence-corrected chi connectivity index (χ2v) is 5.87. The molecule has 0 amide bonds. The van der Waals surface area contributed by atoms with Gasteiger partial charge in [0.2, 0.25) is 0 Å². The van der Waals surface area contributed by atoms with E-state index in [1.165, 1.54) is 29.0 Å². The molecule has 1 aromatic carbocycles. The van der Waals surface area contributed by atoms with Gasteiger partial charge in [-0.25, -0.2) is 0 Å². The molecule has 1 heterocycles. The van der Waals surface area contributed by atoms with E-state index in [2.05, 4.69) is 41.4 Å². The van der Waals surface area contributed by atoms with E-state index in [-0.39, 0.29) is 0 Å². The van der Waals surface area contributed by atoms with Crippen molar-refractivity contribution < 1.29 is 0 Å². The summed E-state index contributed by atoms with van der Waals surface area (Å²) in [6.07, 6.45) is 8.33. The molecule has 0 saturated heterocycles. The van der Waals surface area contributed by atoms with E-state index in [0.29, 0.717) is 4.75 Å². The van der Waals surface area contributed by atoms with Gasteiger partial charge < -0.3 is 0 Å². The van der Waals surface area contributed by atoms with Crippen LogP contribution in [0.1, 0.15) is 24.0 Å². The Morgan fingerprint density at radius 2 is 2.19 bits per heavy atom. The molecule has 1 spiro atoms. The highest BCUT2D eigenvalue weighted by Gasteiger charge is 2.37. The Morgan fingerprint density at radius 1 is 1.31 bits per heavy atom. The van der Waals surface area contributed by atoms with Gasteiger partial charge in [-0.2, -0.15) is 0 Å². The maximum atomic E-state index is 4.45. The molecule has 0 bridgehead atoms. The average molecular weight is 229 g/mol. The fourth-order valence-corrected chi connectivity index (χ4v) is 3.99. The minimum atomic E-state index is 0.295. The van der Waals surface area contributed by atoms with Crippen molar-refractivity contribution in [1.29, 1.82) is 0 Å². The zero-order chi connectivity index (χ0) is 11.0. The Bertz CT molecular complexity index is 475. The summed E-state index contributed by atoms with van der Waals surface area (Å²) in [7, 11) is 1.90. The van der Waals surface area contributed by atoms with Crippen molar-refractivity contribution in [3.05, 3.63) is 47.5 Å². The van der Waals surface area contributed by atoms with Gasteiger partial charge in [-0.15, -0.1) is 0 Å². The van der Waals surface area contributed by atoms with Crippen LogP contribution in [0.5, 0.6) is 0 Å². The van der Waals surface area contributed by atoms with Crippen LogP contribution in [-0.4, -0.2) is 16.8 Å².